The van der Waals surface area contributed by atoms with E-state index in [0.29, 0.717) is 42.1 Å². The van der Waals surface area contributed by atoms with Crippen molar-refractivity contribution in [2.24, 2.45) is 0 Å². The molecular weight excluding hydrogens is 484 g/mol. The molecule has 0 aromatic heterocycles. The van der Waals surface area contributed by atoms with Gasteiger partial charge in [-0.15, -0.1) is 0 Å². The summed E-state index contributed by atoms with van der Waals surface area (Å²) >= 11 is 0. The van der Waals surface area contributed by atoms with E-state index in [2.05, 4.69) is 27.3 Å². The predicted molar refractivity (Wildman–Crippen MR) is 139 cm³/mol. The Balaban J connectivity index is 1.59. The van der Waals surface area contributed by atoms with Gasteiger partial charge in [-0.2, -0.15) is 5.26 Å². The van der Waals surface area contributed by atoms with Gasteiger partial charge < -0.3 is 25.0 Å². The Morgan fingerprint density at radius 3 is 2.55 bits per heavy atom. The number of amides is 1. The first kappa shape index (κ1) is 24.8. The fourth-order valence-electron chi connectivity index (χ4n) is 7.24. The van der Waals surface area contributed by atoms with E-state index >= 15 is 0 Å². The second-order valence-corrected chi connectivity index (χ2v) is 11.0. The van der Waals surface area contributed by atoms with Crippen molar-refractivity contribution >= 4 is 5.91 Å². The molecule has 0 saturated carbocycles. The van der Waals surface area contributed by atoms with E-state index in [-0.39, 0.29) is 43.1 Å². The molecule has 4 aliphatic heterocycles. The van der Waals surface area contributed by atoms with Crippen molar-refractivity contribution in [3.8, 4) is 29.1 Å². The number of ether oxygens (including phenoxy) is 2. The van der Waals surface area contributed by atoms with Crippen LogP contribution in [0.15, 0.2) is 6.07 Å². The number of nitrogens with zero attached hydrogens (tertiary/aromatic N) is 3. The predicted octanol–water partition coefficient (Wildman–Crippen LogP) is 3.05. The monoisotopic (exact) mass is 518 g/mol. The topological polar surface area (TPSA) is 118 Å². The number of phenols is 2. The summed E-state index contributed by atoms with van der Waals surface area (Å²) in [6, 6.07) is 3.32. The number of rotatable bonds is 3. The Bertz CT molecular complexity index is 1400. The molecule has 2 aromatic rings. The summed E-state index contributed by atoms with van der Waals surface area (Å²) in [4.78, 5) is 16.9. The van der Waals surface area contributed by atoms with Crippen LogP contribution in [0, 0.1) is 32.1 Å². The number of benzene rings is 2. The van der Waals surface area contributed by atoms with Crippen LogP contribution < -0.4 is 14.8 Å². The minimum absolute atomic E-state index is 0.0546. The van der Waals surface area contributed by atoms with Crippen LogP contribution in [0.25, 0.3) is 0 Å². The SMILES string of the molecule is CCC(=O)NC[C@H]1c2c(c(O)c(C)c3c2OCO3)CC2[C@H]3c4c(cc(C)c(C)c4O)C[C@@H]([C@H](C#N)N21)N3C. The van der Waals surface area contributed by atoms with Crippen molar-refractivity contribution in [3.05, 3.63) is 45.0 Å². The maximum absolute atomic E-state index is 12.4. The Morgan fingerprint density at radius 1 is 1.11 bits per heavy atom. The molecule has 2 bridgehead atoms. The molecule has 1 fully saturated rings. The molecule has 0 spiro atoms. The van der Waals surface area contributed by atoms with Gasteiger partial charge in [0.15, 0.2) is 11.5 Å². The number of aromatic hydroxyl groups is 2. The highest BCUT2D eigenvalue weighted by Crippen LogP contribution is 2.57. The second-order valence-electron chi connectivity index (χ2n) is 11.0. The van der Waals surface area contributed by atoms with E-state index in [1.54, 1.807) is 6.92 Å². The number of likely N-dealkylation sites (N-methyl/N-ethyl adjacent to an activating group) is 1. The Labute approximate surface area is 222 Å². The van der Waals surface area contributed by atoms with Gasteiger partial charge in [0, 0.05) is 47.3 Å². The normalized spacial score (nSPS) is 27.2. The molecule has 0 radical (unpaired) electrons. The summed E-state index contributed by atoms with van der Waals surface area (Å²) < 4.78 is 11.7. The van der Waals surface area contributed by atoms with Gasteiger partial charge in [-0.25, -0.2) is 0 Å². The first-order valence-electron chi connectivity index (χ1n) is 13.3. The van der Waals surface area contributed by atoms with Crippen LogP contribution in [0.3, 0.4) is 0 Å². The van der Waals surface area contributed by atoms with Crippen molar-refractivity contribution in [3.63, 3.8) is 0 Å². The fourth-order valence-corrected chi connectivity index (χ4v) is 7.24. The van der Waals surface area contributed by atoms with Gasteiger partial charge in [0.05, 0.1) is 18.2 Å². The highest BCUT2D eigenvalue weighted by molar-refractivity contribution is 5.75. The van der Waals surface area contributed by atoms with Crippen molar-refractivity contribution in [2.45, 2.75) is 77.2 Å². The summed E-state index contributed by atoms with van der Waals surface area (Å²) in [5, 5.41) is 36.4. The van der Waals surface area contributed by atoms with Crippen LogP contribution in [0.2, 0.25) is 0 Å². The third kappa shape index (κ3) is 3.26. The van der Waals surface area contributed by atoms with Gasteiger partial charge in [0.2, 0.25) is 12.7 Å². The van der Waals surface area contributed by atoms with E-state index in [1.807, 2.05) is 27.8 Å². The Hall–Kier alpha value is -3.48. The highest BCUT2D eigenvalue weighted by Gasteiger charge is 2.56. The lowest BCUT2D eigenvalue weighted by molar-refractivity contribution is -0.121. The number of aryl methyl sites for hydroxylation is 1. The first-order valence-corrected chi connectivity index (χ1v) is 13.3. The number of phenolic OH excluding ortho intramolecular Hbond substituents is 2. The van der Waals surface area contributed by atoms with Gasteiger partial charge in [-0.1, -0.05) is 13.0 Å². The number of hydrogen-bond donors (Lipinski definition) is 3. The van der Waals surface area contributed by atoms with Crippen LogP contribution in [0.5, 0.6) is 23.0 Å². The lowest BCUT2D eigenvalue weighted by atomic mass is 9.71. The second kappa shape index (κ2) is 8.79. The summed E-state index contributed by atoms with van der Waals surface area (Å²) in [6.45, 7) is 7.88. The standard InChI is InChI=1S/C29H34N4O5/c1-6-22(34)31-11-21-24-17(26(35)15(4)28-29(24)38-12-37-28)9-19-25-23-16(7-13(2)14(3)27(23)36)8-18(32(25)5)20(10-30)33(19)21/h7,18-21,25,35-36H,6,8-9,11-12H2,1-5H3,(H,31,34)/t18-,19?,20-,21-,25-/m0/s1. The smallest absolute Gasteiger partial charge is 0.231 e. The van der Waals surface area contributed by atoms with Gasteiger partial charge in [-0.3, -0.25) is 14.6 Å². The van der Waals surface area contributed by atoms with Crippen LogP contribution in [0.1, 0.15) is 64.4 Å². The molecule has 5 atom stereocenters. The Kier molecular flexibility index (Phi) is 5.74. The molecule has 9 nitrogen and oxygen atoms in total. The van der Waals surface area contributed by atoms with Crippen molar-refractivity contribution in [1.29, 1.82) is 5.26 Å². The number of nitriles is 1. The molecular formula is C29H34N4O5. The van der Waals surface area contributed by atoms with Gasteiger partial charge in [0.25, 0.3) is 0 Å². The quantitative estimate of drug-likeness (QED) is 0.568. The first-order chi connectivity index (χ1) is 18.2. The molecule has 6 rings (SSSR count). The van der Waals surface area contributed by atoms with Crippen molar-refractivity contribution in [2.75, 3.05) is 20.4 Å². The molecule has 1 amide bonds. The third-order valence-electron chi connectivity index (χ3n) is 9.27. The van der Waals surface area contributed by atoms with E-state index < -0.39 is 12.1 Å². The largest absolute Gasteiger partial charge is 0.507 e. The summed E-state index contributed by atoms with van der Waals surface area (Å²) in [5.74, 6) is 1.48. The lowest BCUT2D eigenvalue weighted by Crippen LogP contribution is -2.68. The molecule has 1 saturated heterocycles. The van der Waals surface area contributed by atoms with E-state index in [9.17, 15) is 20.3 Å². The Morgan fingerprint density at radius 2 is 1.84 bits per heavy atom. The van der Waals surface area contributed by atoms with Crippen LogP contribution in [0.4, 0.5) is 0 Å². The highest BCUT2D eigenvalue weighted by atomic mass is 16.7. The zero-order valence-corrected chi connectivity index (χ0v) is 22.5. The average Bonchev–Trinajstić information content (AvgIpc) is 3.39. The average molecular weight is 519 g/mol. The number of carbonyl (C=O) groups excluding carboxylic acids is 1. The number of carbonyl (C=O) groups is 1. The summed E-state index contributed by atoms with van der Waals surface area (Å²) in [7, 11) is 2.03. The van der Waals surface area contributed by atoms with E-state index in [0.717, 1.165) is 33.4 Å². The van der Waals surface area contributed by atoms with Crippen LogP contribution in [-0.2, 0) is 17.6 Å². The fraction of sp³-hybridized carbons (Fsp3) is 0.517. The van der Waals surface area contributed by atoms with Gasteiger partial charge in [-0.05, 0) is 57.4 Å². The molecule has 38 heavy (non-hydrogen) atoms. The summed E-state index contributed by atoms with van der Waals surface area (Å²) in [5.41, 5.74) is 6.02. The molecule has 4 aliphatic rings. The molecule has 1 unspecified atom stereocenters. The van der Waals surface area contributed by atoms with Crippen LogP contribution >= 0.6 is 0 Å². The minimum Gasteiger partial charge on any atom is -0.507 e. The maximum atomic E-state index is 12.4. The molecule has 0 aliphatic carbocycles. The molecule has 2 aromatic carbocycles. The third-order valence-corrected chi connectivity index (χ3v) is 9.27. The van der Waals surface area contributed by atoms with Crippen molar-refractivity contribution < 1.29 is 24.5 Å². The molecule has 4 heterocycles. The van der Waals surface area contributed by atoms with E-state index in [1.165, 1.54) is 0 Å². The number of fused-ring (bicyclic) bond motifs is 9. The number of hydrogen-bond acceptors (Lipinski definition) is 8. The molecule has 200 valence electrons. The van der Waals surface area contributed by atoms with Gasteiger partial charge in [0.1, 0.15) is 17.5 Å². The van der Waals surface area contributed by atoms with E-state index in [4.69, 9.17) is 9.47 Å². The molecule has 3 N–H and O–H groups in total. The zero-order chi connectivity index (χ0) is 27.0. The zero-order valence-electron chi connectivity index (χ0n) is 22.5. The molecule has 9 heteroatoms. The van der Waals surface area contributed by atoms with Gasteiger partial charge >= 0.3 is 0 Å². The lowest BCUT2D eigenvalue weighted by Gasteiger charge is -2.60. The summed E-state index contributed by atoms with van der Waals surface area (Å²) in [6.07, 6.45) is 1.44. The van der Waals surface area contributed by atoms with Crippen molar-refractivity contribution in [1.82, 2.24) is 15.1 Å². The van der Waals surface area contributed by atoms with Crippen LogP contribution in [-0.4, -0.2) is 64.4 Å². The maximum Gasteiger partial charge on any atom is 0.231 e. The minimum atomic E-state index is -0.476. The number of piperazine rings is 1. The number of nitrogens with one attached hydrogen (secondary N) is 1.